The number of nitrogen functional groups attached to an aromatic ring is 1. The molecule has 3 aromatic rings. The number of hydrogen-bond donors (Lipinski definition) is 2. The third kappa shape index (κ3) is 2.62. The van der Waals surface area contributed by atoms with E-state index >= 15 is 0 Å². The Bertz CT molecular complexity index is 1130. The summed E-state index contributed by atoms with van der Waals surface area (Å²) in [7, 11) is 0. The topological polar surface area (TPSA) is 112 Å². The van der Waals surface area contributed by atoms with Crippen molar-refractivity contribution in [1.29, 1.82) is 0 Å². The van der Waals surface area contributed by atoms with Crippen LogP contribution in [-0.4, -0.2) is 26.2 Å². The van der Waals surface area contributed by atoms with Crippen LogP contribution in [0, 0.1) is 0 Å². The zero-order valence-corrected chi connectivity index (χ0v) is 14.9. The summed E-state index contributed by atoms with van der Waals surface area (Å²) in [5, 5.41) is 6.35. The summed E-state index contributed by atoms with van der Waals surface area (Å²) in [6.45, 7) is 0.498. The molecule has 130 valence electrons. The monoisotopic (exact) mass is 413 g/mol. The molecule has 0 atom stereocenters. The fourth-order valence-electron chi connectivity index (χ4n) is 2.95. The molecule has 9 heteroatoms. The molecule has 2 aromatic heterocycles. The van der Waals surface area contributed by atoms with Crippen LogP contribution in [0.15, 0.2) is 52.0 Å². The maximum Gasteiger partial charge on any atom is 0.262 e. The molecule has 1 aliphatic rings. The van der Waals surface area contributed by atoms with E-state index in [-0.39, 0.29) is 16.9 Å². The minimum atomic E-state index is -0.612. The Morgan fingerprint density at radius 3 is 2.69 bits per heavy atom. The number of nitrogens with zero attached hydrogens (tertiary/aromatic N) is 3. The van der Waals surface area contributed by atoms with Gasteiger partial charge in [-0.25, -0.2) is 0 Å². The molecule has 0 spiro atoms. The molecule has 0 radical (unpaired) electrons. The van der Waals surface area contributed by atoms with E-state index in [1.807, 2.05) is 12.3 Å². The molecule has 0 bridgehead atoms. The summed E-state index contributed by atoms with van der Waals surface area (Å²) in [4.78, 5) is 36.2. The molecule has 0 saturated heterocycles. The molecular weight excluding hydrogens is 402 g/mol. The van der Waals surface area contributed by atoms with Crippen LogP contribution >= 0.6 is 15.9 Å². The average molecular weight is 414 g/mol. The summed E-state index contributed by atoms with van der Waals surface area (Å²) >= 11 is 3.34. The predicted molar refractivity (Wildman–Crippen MR) is 97.3 cm³/mol. The number of pyridine rings is 1. The molecule has 2 amide bonds. The highest BCUT2D eigenvalue weighted by atomic mass is 79.9. The first kappa shape index (κ1) is 16.3. The van der Waals surface area contributed by atoms with E-state index in [2.05, 4.69) is 26.3 Å². The van der Waals surface area contributed by atoms with Gasteiger partial charge in [-0.3, -0.25) is 28.9 Å². The normalized spacial score (nSPS) is 13.0. The average Bonchev–Trinajstić information content (AvgIpc) is 3.11. The summed E-state index contributed by atoms with van der Waals surface area (Å²) in [5.74, 6) is -1.28. The van der Waals surface area contributed by atoms with Crippen molar-refractivity contribution < 1.29 is 9.59 Å². The smallest absolute Gasteiger partial charge is 0.262 e. The summed E-state index contributed by atoms with van der Waals surface area (Å²) in [5.41, 5.74) is 7.00. The third-order valence-electron chi connectivity index (χ3n) is 4.07. The van der Waals surface area contributed by atoms with Crippen LogP contribution in [0.4, 0.5) is 5.82 Å². The molecular formula is C17H12BrN5O3. The van der Waals surface area contributed by atoms with Crippen LogP contribution in [-0.2, 0) is 6.54 Å². The third-order valence-corrected chi connectivity index (χ3v) is 4.48. The van der Waals surface area contributed by atoms with Crippen LogP contribution in [0.1, 0.15) is 26.3 Å². The van der Waals surface area contributed by atoms with E-state index < -0.39 is 17.4 Å². The molecule has 3 N–H and O–H groups in total. The van der Waals surface area contributed by atoms with Crippen LogP contribution in [0.5, 0.6) is 0 Å². The van der Waals surface area contributed by atoms with Crippen LogP contribution < -0.4 is 16.6 Å². The maximum atomic E-state index is 12.5. The van der Waals surface area contributed by atoms with E-state index in [1.54, 1.807) is 29.1 Å². The molecule has 3 heterocycles. The lowest BCUT2D eigenvalue weighted by Gasteiger charge is -2.13. The Morgan fingerprint density at radius 2 is 1.96 bits per heavy atom. The van der Waals surface area contributed by atoms with Gasteiger partial charge in [-0.2, -0.15) is 5.10 Å². The van der Waals surface area contributed by atoms with Crippen molar-refractivity contribution in [2.75, 3.05) is 5.73 Å². The van der Waals surface area contributed by atoms with Crippen molar-refractivity contribution >= 4 is 33.6 Å². The van der Waals surface area contributed by atoms with Gasteiger partial charge >= 0.3 is 0 Å². The zero-order chi connectivity index (χ0) is 18.4. The SMILES string of the molecule is Nc1c2c(cc(=O)n1-c1cccc(Cn3cc(Br)cn3)c1)C(=O)NC2=O. The van der Waals surface area contributed by atoms with Gasteiger partial charge in [-0.1, -0.05) is 12.1 Å². The van der Waals surface area contributed by atoms with E-state index in [4.69, 9.17) is 5.73 Å². The predicted octanol–water partition coefficient (Wildman–Crippen LogP) is 1.31. The Labute approximate surface area is 155 Å². The highest BCUT2D eigenvalue weighted by Gasteiger charge is 2.31. The number of hydrogen-bond acceptors (Lipinski definition) is 5. The van der Waals surface area contributed by atoms with Gasteiger partial charge in [0.2, 0.25) is 0 Å². The van der Waals surface area contributed by atoms with E-state index in [9.17, 15) is 14.4 Å². The van der Waals surface area contributed by atoms with E-state index in [0.717, 1.165) is 16.1 Å². The molecule has 0 aliphatic carbocycles. The van der Waals surface area contributed by atoms with Crippen molar-refractivity contribution in [2.45, 2.75) is 6.54 Å². The number of anilines is 1. The van der Waals surface area contributed by atoms with Gasteiger partial charge in [0.05, 0.1) is 34.0 Å². The molecule has 8 nitrogen and oxygen atoms in total. The minimum absolute atomic E-state index is 0.00583. The van der Waals surface area contributed by atoms with Gasteiger partial charge in [0.25, 0.3) is 17.4 Å². The first-order valence-electron chi connectivity index (χ1n) is 7.62. The minimum Gasteiger partial charge on any atom is -0.384 e. The molecule has 4 rings (SSSR count). The largest absolute Gasteiger partial charge is 0.384 e. The molecule has 26 heavy (non-hydrogen) atoms. The van der Waals surface area contributed by atoms with Gasteiger partial charge < -0.3 is 5.73 Å². The van der Waals surface area contributed by atoms with Gasteiger partial charge in [0, 0.05) is 12.3 Å². The van der Waals surface area contributed by atoms with Gasteiger partial charge in [0.1, 0.15) is 5.82 Å². The second kappa shape index (κ2) is 5.95. The molecule has 0 unspecified atom stereocenters. The number of fused-ring (bicyclic) bond motifs is 1. The second-order valence-electron chi connectivity index (χ2n) is 5.80. The lowest BCUT2D eigenvalue weighted by atomic mass is 10.1. The van der Waals surface area contributed by atoms with Crippen molar-refractivity contribution in [3.8, 4) is 5.69 Å². The Hall–Kier alpha value is -3.20. The summed E-state index contributed by atoms with van der Waals surface area (Å²) < 4.78 is 3.83. The number of aromatic nitrogens is 3. The van der Waals surface area contributed by atoms with Crippen LogP contribution in [0.2, 0.25) is 0 Å². The van der Waals surface area contributed by atoms with Crippen molar-refractivity contribution in [3.05, 3.63) is 74.2 Å². The van der Waals surface area contributed by atoms with Gasteiger partial charge in [-0.05, 0) is 33.6 Å². The van der Waals surface area contributed by atoms with Crippen LogP contribution in [0.3, 0.4) is 0 Å². The molecule has 1 aliphatic heterocycles. The van der Waals surface area contributed by atoms with Gasteiger partial charge in [0.15, 0.2) is 0 Å². The molecule has 0 fully saturated rings. The fraction of sp³-hybridized carbons (Fsp3) is 0.0588. The number of amides is 2. The lowest BCUT2D eigenvalue weighted by molar-refractivity contribution is 0.0880. The highest BCUT2D eigenvalue weighted by molar-refractivity contribution is 9.10. The number of rotatable bonds is 3. The molecule has 1 aromatic carbocycles. The van der Waals surface area contributed by atoms with Crippen molar-refractivity contribution in [3.63, 3.8) is 0 Å². The summed E-state index contributed by atoms with van der Waals surface area (Å²) in [6, 6.07) is 8.30. The number of benzene rings is 1. The Balaban J connectivity index is 1.80. The van der Waals surface area contributed by atoms with E-state index in [0.29, 0.717) is 12.2 Å². The number of carbonyl (C=O) groups excluding carboxylic acids is 2. The first-order chi connectivity index (χ1) is 12.4. The lowest BCUT2D eigenvalue weighted by Crippen LogP contribution is -2.24. The standard InChI is InChI=1S/C17H12BrN5O3/c18-10-6-20-22(8-10)7-9-2-1-3-11(4-9)23-13(24)5-12-14(15(23)19)17(26)21-16(12)25/h1-6,8H,7,19H2,(H,21,25,26). The molecule has 0 saturated carbocycles. The van der Waals surface area contributed by atoms with Crippen molar-refractivity contribution in [1.82, 2.24) is 19.7 Å². The van der Waals surface area contributed by atoms with Gasteiger partial charge in [-0.15, -0.1) is 0 Å². The highest BCUT2D eigenvalue weighted by Crippen LogP contribution is 2.23. The zero-order valence-electron chi connectivity index (χ0n) is 13.3. The number of carbonyl (C=O) groups is 2. The number of nitrogens with one attached hydrogen (secondary N) is 1. The first-order valence-corrected chi connectivity index (χ1v) is 8.42. The maximum absolute atomic E-state index is 12.5. The Morgan fingerprint density at radius 1 is 1.15 bits per heavy atom. The quantitative estimate of drug-likeness (QED) is 0.628. The number of imide groups is 1. The van der Waals surface area contributed by atoms with Crippen molar-refractivity contribution in [2.24, 2.45) is 0 Å². The number of nitrogens with two attached hydrogens (primary N) is 1. The van der Waals surface area contributed by atoms with E-state index in [1.165, 1.54) is 4.57 Å². The second-order valence-corrected chi connectivity index (χ2v) is 6.72. The summed E-state index contributed by atoms with van der Waals surface area (Å²) in [6.07, 6.45) is 3.51. The number of halogens is 1. The van der Waals surface area contributed by atoms with Crippen LogP contribution in [0.25, 0.3) is 5.69 Å². The fourth-order valence-corrected chi connectivity index (χ4v) is 3.28. The Kier molecular flexibility index (Phi) is 3.73.